The van der Waals surface area contributed by atoms with Gasteiger partial charge in [-0.1, -0.05) is 30.5 Å². The van der Waals surface area contributed by atoms with E-state index >= 15 is 0 Å². The molecule has 0 unspecified atom stereocenters. The minimum atomic E-state index is -0.107. The molecule has 31 heavy (non-hydrogen) atoms. The Hall–Kier alpha value is -2.05. The van der Waals surface area contributed by atoms with Crippen molar-refractivity contribution in [1.29, 1.82) is 0 Å². The topological polar surface area (TPSA) is 77.2 Å². The number of fused-ring (bicyclic) bond motifs is 1. The standard InChI is InChI=1S/C24H33ClN4O2/c1-15(2)29-11-9-16(10-12-29)23(30)27-20-5-3-4-6-21(20)28-24(31)17-7-8-18-19(25)14-26-22(18)13-17/h7-8,13-16,20-21,26H,3-6,9-12H2,1-2H3,(H,27,30)(H,28,31)/t20-,21+/m0/s1. The summed E-state index contributed by atoms with van der Waals surface area (Å²) in [5.74, 6) is 0.120. The fraction of sp³-hybridized carbons (Fsp3) is 0.583. The molecule has 1 aromatic carbocycles. The number of nitrogens with zero attached hydrogens (tertiary/aromatic N) is 1. The van der Waals surface area contributed by atoms with Gasteiger partial charge in [-0.3, -0.25) is 9.59 Å². The quantitative estimate of drug-likeness (QED) is 0.649. The number of carbonyl (C=O) groups is 2. The van der Waals surface area contributed by atoms with Crippen LogP contribution in [0.5, 0.6) is 0 Å². The normalized spacial score (nSPS) is 23.2. The van der Waals surface area contributed by atoms with Gasteiger partial charge in [0.15, 0.2) is 0 Å². The van der Waals surface area contributed by atoms with E-state index < -0.39 is 0 Å². The highest BCUT2D eigenvalue weighted by Crippen LogP contribution is 2.25. The van der Waals surface area contributed by atoms with E-state index in [1.165, 1.54) is 0 Å². The number of hydrogen-bond acceptors (Lipinski definition) is 3. The van der Waals surface area contributed by atoms with Crippen molar-refractivity contribution in [3.8, 4) is 0 Å². The maximum Gasteiger partial charge on any atom is 0.251 e. The van der Waals surface area contributed by atoms with Gasteiger partial charge in [-0.05, 0) is 64.8 Å². The van der Waals surface area contributed by atoms with Gasteiger partial charge in [0.2, 0.25) is 5.91 Å². The summed E-state index contributed by atoms with van der Waals surface area (Å²) in [7, 11) is 0. The third-order valence-corrected chi connectivity index (χ3v) is 7.25. The highest BCUT2D eigenvalue weighted by atomic mass is 35.5. The van der Waals surface area contributed by atoms with Gasteiger partial charge in [0, 0.05) is 46.7 Å². The third-order valence-electron chi connectivity index (χ3n) is 6.93. The van der Waals surface area contributed by atoms with Gasteiger partial charge in [0.25, 0.3) is 5.91 Å². The van der Waals surface area contributed by atoms with Crippen molar-refractivity contribution in [1.82, 2.24) is 20.5 Å². The maximum atomic E-state index is 12.9. The van der Waals surface area contributed by atoms with Gasteiger partial charge in [0.1, 0.15) is 0 Å². The monoisotopic (exact) mass is 444 g/mol. The van der Waals surface area contributed by atoms with E-state index in [-0.39, 0.29) is 29.8 Å². The first-order valence-corrected chi connectivity index (χ1v) is 11.9. The first-order valence-electron chi connectivity index (χ1n) is 11.5. The molecule has 2 atom stereocenters. The number of nitrogens with one attached hydrogen (secondary N) is 3. The van der Waals surface area contributed by atoms with Gasteiger partial charge < -0.3 is 20.5 Å². The molecule has 168 valence electrons. The lowest BCUT2D eigenvalue weighted by atomic mass is 9.88. The molecule has 2 fully saturated rings. The molecule has 0 bridgehead atoms. The lowest BCUT2D eigenvalue weighted by Crippen LogP contribution is -2.55. The Bertz CT molecular complexity index is 933. The number of halogens is 1. The Kier molecular flexibility index (Phi) is 6.87. The highest BCUT2D eigenvalue weighted by Gasteiger charge is 2.32. The number of rotatable bonds is 5. The average molecular weight is 445 g/mol. The van der Waals surface area contributed by atoms with Gasteiger partial charge in [0.05, 0.1) is 5.02 Å². The molecule has 2 aliphatic rings. The molecule has 2 aromatic rings. The van der Waals surface area contributed by atoms with Crippen LogP contribution in [-0.4, -0.2) is 52.9 Å². The largest absolute Gasteiger partial charge is 0.360 e. The Morgan fingerprint density at radius 1 is 1.06 bits per heavy atom. The minimum absolute atomic E-state index is 0.00279. The molecule has 1 aliphatic carbocycles. The summed E-state index contributed by atoms with van der Waals surface area (Å²) in [6, 6.07) is 5.99. The van der Waals surface area contributed by atoms with E-state index in [1.54, 1.807) is 12.3 Å². The van der Waals surface area contributed by atoms with Crippen molar-refractivity contribution < 1.29 is 9.59 Å². The van der Waals surface area contributed by atoms with E-state index in [0.717, 1.165) is 62.5 Å². The predicted octanol–water partition coefficient (Wildman–Crippen LogP) is 4.10. The summed E-state index contributed by atoms with van der Waals surface area (Å²) < 4.78 is 0. The van der Waals surface area contributed by atoms with Crippen LogP contribution in [0.15, 0.2) is 24.4 Å². The molecule has 0 spiro atoms. The number of aromatic amines is 1. The van der Waals surface area contributed by atoms with Crippen molar-refractivity contribution in [2.45, 2.75) is 70.5 Å². The maximum absolute atomic E-state index is 12.9. The molecule has 0 radical (unpaired) electrons. The van der Waals surface area contributed by atoms with Gasteiger partial charge in [-0.15, -0.1) is 0 Å². The Morgan fingerprint density at radius 3 is 2.42 bits per heavy atom. The second kappa shape index (κ2) is 9.61. The van der Waals surface area contributed by atoms with E-state index in [2.05, 4.69) is 34.4 Å². The van der Waals surface area contributed by atoms with Gasteiger partial charge in [-0.25, -0.2) is 0 Å². The SMILES string of the molecule is CC(C)N1CCC(C(=O)N[C@H]2CCCC[C@H]2NC(=O)c2ccc3c(Cl)c[nH]c3c2)CC1. The molecule has 1 saturated carbocycles. The van der Waals surface area contributed by atoms with E-state index in [9.17, 15) is 9.59 Å². The molecule has 1 saturated heterocycles. The number of carbonyl (C=O) groups excluding carboxylic acids is 2. The minimum Gasteiger partial charge on any atom is -0.360 e. The van der Waals surface area contributed by atoms with E-state index in [4.69, 9.17) is 11.6 Å². The van der Waals surface area contributed by atoms with Crippen molar-refractivity contribution in [3.63, 3.8) is 0 Å². The number of amides is 2. The molecule has 2 heterocycles. The Morgan fingerprint density at radius 2 is 1.74 bits per heavy atom. The zero-order chi connectivity index (χ0) is 22.0. The Labute approximate surface area is 189 Å². The van der Waals surface area contributed by atoms with Crippen LogP contribution in [-0.2, 0) is 4.79 Å². The molecule has 2 amide bonds. The molecular formula is C24H33ClN4O2. The van der Waals surface area contributed by atoms with Crippen molar-refractivity contribution in [2.24, 2.45) is 5.92 Å². The van der Waals surface area contributed by atoms with Gasteiger partial charge >= 0.3 is 0 Å². The van der Waals surface area contributed by atoms with Crippen LogP contribution < -0.4 is 10.6 Å². The molecule has 6 nitrogen and oxygen atoms in total. The van der Waals surface area contributed by atoms with Crippen molar-refractivity contribution in [3.05, 3.63) is 35.0 Å². The second-order valence-electron chi connectivity index (χ2n) is 9.28. The fourth-order valence-corrected chi connectivity index (χ4v) is 5.16. The lowest BCUT2D eigenvalue weighted by Gasteiger charge is -2.37. The number of aromatic nitrogens is 1. The number of hydrogen-bond donors (Lipinski definition) is 3. The second-order valence-corrected chi connectivity index (χ2v) is 9.69. The van der Waals surface area contributed by atoms with Crippen LogP contribution in [0.3, 0.4) is 0 Å². The number of H-pyrrole nitrogens is 1. The van der Waals surface area contributed by atoms with Crippen LogP contribution >= 0.6 is 11.6 Å². The van der Waals surface area contributed by atoms with Crippen LogP contribution in [0.2, 0.25) is 5.02 Å². The predicted molar refractivity (Wildman–Crippen MR) is 124 cm³/mol. The molecular weight excluding hydrogens is 412 g/mol. The average Bonchev–Trinajstić information content (AvgIpc) is 3.15. The van der Waals surface area contributed by atoms with Crippen LogP contribution in [0.1, 0.15) is 62.7 Å². The molecule has 3 N–H and O–H groups in total. The van der Waals surface area contributed by atoms with Crippen LogP contribution in [0.4, 0.5) is 0 Å². The first-order chi connectivity index (χ1) is 14.9. The summed E-state index contributed by atoms with van der Waals surface area (Å²) in [6.07, 6.45) is 7.49. The smallest absolute Gasteiger partial charge is 0.251 e. The van der Waals surface area contributed by atoms with Crippen LogP contribution in [0.25, 0.3) is 10.9 Å². The Balaban J connectivity index is 1.36. The highest BCUT2D eigenvalue weighted by molar-refractivity contribution is 6.35. The summed E-state index contributed by atoms with van der Waals surface area (Å²) in [6.45, 7) is 6.37. The van der Waals surface area contributed by atoms with Gasteiger partial charge in [-0.2, -0.15) is 0 Å². The van der Waals surface area contributed by atoms with Crippen molar-refractivity contribution in [2.75, 3.05) is 13.1 Å². The number of piperidine rings is 1. The summed E-state index contributed by atoms with van der Waals surface area (Å²) >= 11 is 6.14. The first kappa shape index (κ1) is 22.2. The fourth-order valence-electron chi connectivity index (χ4n) is 4.94. The summed E-state index contributed by atoms with van der Waals surface area (Å²) in [5, 5.41) is 8.01. The molecule has 1 aliphatic heterocycles. The summed E-state index contributed by atoms with van der Waals surface area (Å²) in [4.78, 5) is 31.4. The molecule has 7 heteroatoms. The zero-order valence-electron chi connectivity index (χ0n) is 18.4. The molecule has 1 aromatic heterocycles. The van der Waals surface area contributed by atoms with E-state index in [0.29, 0.717) is 16.6 Å². The summed E-state index contributed by atoms with van der Waals surface area (Å²) in [5.41, 5.74) is 1.45. The number of benzene rings is 1. The molecule has 4 rings (SSSR count). The third kappa shape index (κ3) is 5.07. The van der Waals surface area contributed by atoms with Crippen LogP contribution in [0, 0.1) is 5.92 Å². The lowest BCUT2D eigenvalue weighted by molar-refractivity contribution is -0.127. The van der Waals surface area contributed by atoms with E-state index in [1.807, 2.05) is 12.1 Å². The van der Waals surface area contributed by atoms with Crippen molar-refractivity contribution >= 4 is 34.3 Å². The number of likely N-dealkylation sites (tertiary alicyclic amines) is 1. The zero-order valence-corrected chi connectivity index (χ0v) is 19.2.